The largest absolute Gasteiger partial charge is 0.309 e. The van der Waals surface area contributed by atoms with E-state index in [1.165, 1.54) is 43.8 Å². The third kappa shape index (κ3) is 5.03. The summed E-state index contributed by atoms with van der Waals surface area (Å²) in [7, 11) is 0. The van der Waals surface area contributed by atoms with Gasteiger partial charge in [-0.1, -0.05) is 159 Å². The Kier molecular flexibility index (Phi) is 7.24. The molecule has 0 saturated carbocycles. The average molecular weight is 755 g/mol. The van der Waals surface area contributed by atoms with Gasteiger partial charge in [0.25, 0.3) is 0 Å². The van der Waals surface area contributed by atoms with Gasteiger partial charge in [0.1, 0.15) is 0 Å². The molecule has 0 N–H and O–H groups in total. The fourth-order valence-electron chi connectivity index (χ4n) is 9.91. The molecular weight excluding hydrogens is 717 g/mol. The van der Waals surface area contributed by atoms with Gasteiger partial charge in [-0.15, -0.1) is 0 Å². The summed E-state index contributed by atoms with van der Waals surface area (Å²) in [5, 5.41) is 4.90. The van der Waals surface area contributed by atoms with Crippen molar-refractivity contribution in [3.63, 3.8) is 0 Å². The highest BCUT2D eigenvalue weighted by molar-refractivity contribution is 6.10. The molecule has 1 aliphatic carbocycles. The normalized spacial score (nSPS) is 13.1. The SMILES string of the molecule is CC1(C)c2ccccc2-c2cccc(-c3nc(-c4ccccc4)cc(-c4cc(-n5c6ccccc6c6ccccc65)cc(-n5c6ccccc6c6ccccc65)c4)n3)c21. The number of rotatable bonds is 5. The van der Waals surface area contributed by atoms with Crippen molar-refractivity contribution < 1.29 is 0 Å². The van der Waals surface area contributed by atoms with Crippen LogP contribution in [-0.2, 0) is 5.41 Å². The second kappa shape index (κ2) is 12.7. The van der Waals surface area contributed by atoms with Crippen LogP contribution in [0.4, 0.5) is 0 Å². The molecule has 3 heterocycles. The molecule has 4 nitrogen and oxygen atoms in total. The van der Waals surface area contributed by atoms with Crippen LogP contribution in [-0.4, -0.2) is 19.1 Å². The number of nitrogens with zero attached hydrogens (tertiary/aromatic N) is 4. The van der Waals surface area contributed by atoms with Gasteiger partial charge in [-0.3, -0.25) is 0 Å². The third-order valence-corrected chi connectivity index (χ3v) is 12.5. The number of aromatic nitrogens is 4. The first kappa shape index (κ1) is 33.6. The van der Waals surface area contributed by atoms with E-state index in [1.54, 1.807) is 0 Å². The Hall–Kier alpha value is -7.56. The molecule has 4 heteroatoms. The van der Waals surface area contributed by atoms with Crippen LogP contribution >= 0.6 is 0 Å². The molecule has 11 aromatic rings. The Bertz CT molecular complexity index is 3240. The van der Waals surface area contributed by atoms with E-state index in [4.69, 9.17) is 9.97 Å². The second-order valence-electron chi connectivity index (χ2n) is 16.2. The van der Waals surface area contributed by atoms with Crippen molar-refractivity contribution in [3.05, 3.63) is 205 Å². The summed E-state index contributed by atoms with van der Waals surface area (Å²) in [5.74, 6) is 0.722. The van der Waals surface area contributed by atoms with Crippen LogP contribution in [0, 0.1) is 0 Å². The van der Waals surface area contributed by atoms with Crippen molar-refractivity contribution in [1.82, 2.24) is 19.1 Å². The highest BCUT2D eigenvalue weighted by atomic mass is 15.0. The van der Waals surface area contributed by atoms with E-state index < -0.39 is 0 Å². The molecule has 0 amide bonds. The molecule has 0 atom stereocenters. The van der Waals surface area contributed by atoms with E-state index in [2.05, 4.69) is 217 Å². The van der Waals surface area contributed by atoms with Gasteiger partial charge in [0, 0.05) is 55.0 Å². The summed E-state index contributed by atoms with van der Waals surface area (Å²) in [6.07, 6.45) is 0. The van der Waals surface area contributed by atoms with Crippen molar-refractivity contribution in [1.29, 1.82) is 0 Å². The fraction of sp³-hybridized carbons (Fsp3) is 0.0545. The smallest absolute Gasteiger partial charge is 0.160 e. The van der Waals surface area contributed by atoms with E-state index in [0.717, 1.165) is 67.3 Å². The summed E-state index contributed by atoms with van der Waals surface area (Å²) < 4.78 is 4.82. The van der Waals surface area contributed by atoms with Crippen molar-refractivity contribution in [2.24, 2.45) is 0 Å². The Morgan fingerprint density at radius 3 is 1.37 bits per heavy atom. The number of hydrogen-bond donors (Lipinski definition) is 0. The molecule has 0 saturated heterocycles. The van der Waals surface area contributed by atoms with Crippen molar-refractivity contribution in [2.75, 3.05) is 0 Å². The van der Waals surface area contributed by atoms with Gasteiger partial charge in [-0.2, -0.15) is 0 Å². The first-order chi connectivity index (χ1) is 29.0. The maximum absolute atomic E-state index is 5.57. The fourth-order valence-corrected chi connectivity index (χ4v) is 9.91. The predicted molar refractivity (Wildman–Crippen MR) is 245 cm³/mol. The van der Waals surface area contributed by atoms with Crippen LogP contribution < -0.4 is 0 Å². The Balaban J connectivity index is 1.17. The van der Waals surface area contributed by atoms with Crippen LogP contribution in [0.25, 0.3) is 100 Å². The van der Waals surface area contributed by atoms with Crippen molar-refractivity contribution in [3.8, 4) is 56.4 Å². The number of fused-ring (bicyclic) bond motifs is 9. The number of hydrogen-bond acceptors (Lipinski definition) is 2. The summed E-state index contributed by atoms with van der Waals surface area (Å²) >= 11 is 0. The summed E-state index contributed by atoms with van der Waals surface area (Å²) in [6, 6.07) is 70.0. The molecule has 0 bridgehead atoms. The minimum atomic E-state index is -0.227. The molecule has 0 spiro atoms. The molecule has 278 valence electrons. The van der Waals surface area contributed by atoms with Gasteiger partial charge in [-0.25, -0.2) is 9.97 Å². The van der Waals surface area contributed by atoms with Gasteiger partial charge < -0.3 is 9.13 Å². The van der Waals surface area contributed by atoms with E-state index in [-0.39, 0.29) is 5.41 Å². The Morgan fingerprint density at radius 1 is 0.373 bits per heavy atom. The van der Waals surface area contributed by atoms with Crippen molar-refractivity contribution in [2.45, 2.75) is 19.3 Å². The molecule has 0 unspecified atom stereocenters. The van der Waals surface area contributed by atoms with Crippen LogP contribution in [0.5, 0.6) is 0 Å². The lowest BCUT2D eigenvalue weighted by Gasteiger charge is -2.24. The van der Waals surface area contributed by atoms with E-state index >= 15 is 0 Å². The molecular formula is C55H38N4. The summed E-state index contributed by atoms with van der Waals surface area (Å²) in [6.45, 7) is 4.66. The quantitative estimate of drug-likeness (QED) is 0.175. The van der Waals surface area contributed by atoms with E-state index in [0.29, 0.717) is 0 Å². The minimum absolute atomic E-state index is 0.227. The van der Waals surface area contributed by atoms with Crippen LogP contribution in [0.1, 0.15) is 25.0 Å². The van der Waals surface area contributed by atoms with Crippen LogP contribution in [0.2, 0.25) is 0 Å². The molecule has 0 aliphatic heterocycles. The predicted octanol–water partition coefficient (Wildman–Crippen LogP) is 14.0. The first-order valence-corrected chi connectivity index (χ1v) is 20.3. The minimum Gasteiger partial charge on any atom is -0.309 e. The van der Waals surface area contributed by atoms with Crippen molar-refractivity contribution >= 4 is 43.6 Å². The van der Waals surface area contributed by atoms with Gasteiger partial charge in [-0.05, 0) is 70.8 Å². The zero-order valence-corrected chi connectivity index (χ0v) is 32.8. The monoisotopic (exact) mass is 754 g/mol. The third-order valence-electron chi connectivity index (χ3n) is 12.5. The van der Waals surface area contributed by atoms with Gasteiger partial charge in [0.05, 0.1) is 33.5 Å². The molecule has 8 aromatic carbocycles. The lowest BCUT2D eigenvalue weighted by atomic mass is 9.80. The lowest BCUT2D eigenvalue weighted by molar-refractivity contribution is 0.661. The van der Waals surface area contributed by atoms with Gasteiger partial charge >= 0.3 is 0 Å². The zero-order valence-electron chi connectivity index (χ0n) is 32.8. The average Bonchev–Trinajstić information content (AvgIpc) is 3.90. The molecule has 3 aromatic heterocycles. The summed E-state index contributed by atoms with van der Waals surface area (Å²) in [4.78, 5) is 11.0. The van der Waals surface area contributed by atoms with Crippen LogP contribution in [0.3, 0.4) is 0 Å². The summed E-state index contributed by atoms with van der Waals surface area (Å²) in [5.41, 5.74) is 16.5. The maximum atomic E-state index is 5.57. The molecule has 1 aliphatic rings. The highest BCUT2D eigenvalue weighted by Crippen LogP contribution is 2.52. The number of para-hydroxylation sites is 4. The molecule has 0 radical (unpaired) electrons. The molecule has 59 heavy (non-hydrogen) atoms. The van der Waals surface area contributed by atoms with E-state index in [1.807, 2.05) is 0 Å². The van der Waals surface area contributed by atoms with Crippen LogP contribution in [0.15, 0.2) is 194 Å². The lowest BCUT2D eigenvalue weighted by Crippen LogP contribution is -2.16. The topological polar surface area (TPSA) is 35.6 Å². The zero-order chi connectivity index (χ0) is 39.2. The van der Waals surface area contributed by atoms with Gasteiger partial charge in [0.2, 0.25) is 0 Å². The number of benzene rings is 8. The van der Waals surface area contributed by atoms with E-state index in [9.17, 15) is 0 Å². The Labute approximate surface area is 342 Å². The first-order valence-electron chi connectivity index (χ1n) is 20.3. The molecule has 0 fully saturated rings. The maximum Gasteiger partial charge on any atom is 0.160 e. The standard InChI is InChI=1S/C55H38N4/c1-55(2)46-26-11-6-19-39(46)44-24-16-25-45(53(44)55)54-56-47(35-17-4-3-5-18-35)34-48(57-54)36-31-37(58-49-27-12-7-20-40(49)41-21-8-13-28-50(41)58)33-38(32-36)59-51-29-14-9-22-42(51)43-23-10-15-30-52(43)59/h3-34H,1-2H3. The Morgan fingerprint density at radius 2 is 0.814 bits per heavy atom. The second-order valence-corrected chi connectivity index (χ2v) is 16.2. The highest BCUT2D eigenvalue weighted by Gasteiger charge is 2.38. The molecule has 12 rings (SSSR count). The van der Waals surface area contributed by atoms with Gasteiger partial charge in [0.15, 0.2) is 5.82 Å².